The van der Waals surface area contributed by atoms with Crippen LogP contribution in [-0.4, -0.2) is 64.0 Å². The summed E-state index contributed by atoms with van der Waals surface area (Å²) in [5.41, 5.74) is 0. The molecule has 1 aliphatic heterocycles. The number of hydrogen-bond donors (Lipinski definition) is 1. The molecule has 2 fully saturated rings. The van der Waals surface area contributed by atoms with Gasteiger partial charge < -0.3 is 14.7 Å². The van der Waals surface area contributed by atoms with Gasteiger partial charge in [0.2, 0.25) is 17.7 Å². The molecule has 2 aliphatic rings. The minimum atomic E-state index is -0.404. The molecule has 1 saturated carbocycles. The zero-order valence-corrected chi connectivity index (χ0v) is 16.6. The van der Waals surface area contributed by atoms with Gasteiger partial charge in [-0.05, 0) is 25.7 Å². The van der Waals surface area contributed by atoms with Crippen molar-refractivity contribution < 1.29 is 14.1 Å². The minimum absolute atomic E-state index is 0.0525. The van der Waals surface area contributed by atoms with E-state index in [1.165, 1.54) is 6.42 Å². The van der Waals surface area contributed by atoms with Crippen LogP contribution in [0.5, 0.6) is 0 Å². The van der Waals surface area contributed by atoms with Crippen molar-refractivity contribution in [1.29, 1.82) is 0 Å². The fraction of sp³-hybridized carbons (Fsp3) is 0.789. The van der Waals surface area contributed by atoms with Crippen LogP contribution < -0.4 is 5.32 Å². The van der Waals surface area contributed by atoms with Gasteiger partial charge in [-0.25, -0.2) is 0 Å². The summed E-state index contributed by atoms with van der Waals surface area (Å²) in [6, 6.07) is -0.404. The van der Waals surface area contributed by atoms with Crippen molar-refractivity contribution in [3.05, 3.63) is 11.7 Å². The van der Waals surface area contributed by atoms with Crippen LogP contribution in [0.15, 0.2) is 4.52 Å². The van der Waals surface area contributed by atoms with E-state index in [0.717, 1.165) is 25.9 Å². The zero-order valence-electron chi connectivity index (χ0n) is 16.6. The first-order valence-corrected chi connectivity index (χ1v) is 10.1. The summed E-state index contributed by atoms with van der Waals surface area (Å²) in [7, 11) is 0. The largest absolute Gasteiger partial charge is 0.353 e. The molecule has 2 amide bonds. The van der Waals surface area contributed by atoms with Crippen LogP contribution >= 0.6 is 0 Å². The fourth-order valence-corrected chi connectivity index (χ4v) is 3.67. The van der Waals surface area contributed by atoms with Gasteiger partial charge >= 0.3 is 0 Å². The lowest BCUT2D eigenvalue weighted by atomic mass is 9.85. The second-order valence-corrected chi connectivity index (χ2v) is 7.98. The van der Waals surface area contributed by atoms with Crippen LogP contribution in [0.25, 0.3) is 0 Å². The molecule has 2 heterocycles. The van der Waals surface area contributed by atoms with Crippen molar-refractivity contribution in [2.45, 2.75) is 65.0 Å². The second kappa shape index (κ2) is 8.82. The van der Waals surface area contributed by atoms with E-state index in [1.54, 1.807) is 4.90 Å². The molecule has 1 N–H and O–H groups in total. The van der Waals surface area contributed by atoms with E-state index in [2.05, 4.69) is 34.2 Å². The highest BCUT2D eigenvalue weighted by Crippen LogP contribution is 2.35. The van der Waals surface area contributed by atoms with Crippen molar-refractivity contribution in [3.63, 3.8) is 0 Å². The average Bonchev–Trinajstić information content (AvgIpc) is 3.01. The van der Waals surface area contributed by atoms with Gasteiger partial charge in [0.1, 0.15) is 0 Å². The maximum atomic E-state index is 12.9. The lowest BCUT2D eigenvalue weighted by molar-refractivity contribution is -0.139. The van der Waals surface area contributed by atoms with Crippen LogP contribution in [0.1, 0.15) is 64.1 Å². The Morgan fingerprint density at radius 1 is 1.41 bits per heavy atom. The summed E-state index contributed by atoms with van der Waals surface area (Å²) >= 11 is 0. The highest BCUT2D eigenvalue weighted by atomic mass is 16.5. The monoisotopic (exact) mass is 377 g/mol. The standard InChI is InChI=1S/C19H31N5O3/c1-4-23(12-16-21-19(27-22-16)14-6-5-7-14)17(25)10-15-18(26)20-8-9-24(15)11-13(2)3/h13-15H,4-12H2,1-3H3,(H,20,26). The molecule has 0 aromatic carbocycles. The molecule has 1 aliphatic carbocycles. The molecule has 0 radical (unpaired) electrons. The van der Waals surface area contributed by atoms with Crippen LogP contribution in [0, 0.1) is 5.92 Å². The number of carbonyl (C=O) groups is 2. The first-order valence-electron chi connectivity index (χ1n) is 10.1. The molecule has 3 rings (SSSR count). The van der Waals surface area contributed by atoms with Gasteiger partial charge in [-0.15, -0.1) is 0 Å². The van der Waals surface area contributed by atoms with Crippen LogP contribution in [0.3, 0.4) is 0 Å². The maximum absolute atomic E-state index is 12.9. The van der Waals surface area contributed by atoms with E-state index in [1.807, 2.05) is 6.92 Å². The average molecular weight is 377 g/mol. The number of rotatable bonds is 8. The lowest BCUT2D eigenvalue weighted by Gasteiger charge is -2.36. The summed E-state index contributed by atoms with van der Waals surface area (Å²) in [6.07, 6.45) is 3.58. The van der Waals surface area contributed by atoms with Gasteiger partial charge in [0, 0.05) is 32.1 Å². The first-order chi connectivity index (χ1) is 13.0. The highest BCUT2D eigenvalue weighted by molar-refractivity contribution is 5.88. The summed E-state index contributed by atoms with van der Waals surface area (Å²) in [5.74, 6) is 1.95. The maximum Gasteiger partial charge on any atom is 0.237 e. The number of carbonyl (C=O) groups excluding carboxylic acids is 2. The van der Waals surface area contributed by atoms with Crippen LogP contribution in [0.2, 0.25) is 0 Å². The quantitative estimate of drug-likeness (QED) is 0.739. The molecule has 8 heteroatoms. The van der Waals surface area contributed by atoms with Crippen molar-refractivity contribution in [3.8, 4) is 0 Å². The van der Waals surface area contributed by atoms with Gasteiger partial charge in [-0.3, -0.25) is 14.5 Å². The Morgan fingerprint density at radius 3 is 2.81 bits per heavy atom. The van der Waals surface area contributed by atoms with E-state index in [-0.39, 0.29) is 18.2 Å². The molecule has 150 valence electrons. The Balaban J connectivity index is 1.61. The normalized spacial score (nSPS) is 21.2. The van der Waals surface area contributed by atoms with Crippen molar-refractivity contribution in [2.75, 3.05) is 26.2 Å². The van der Waals surface area contributed by atoms with E-state index in [9.17, 15) is 9.59 Å². The van der Waals surface area contributed by atoms with Crippen molar-refractivity contribution in [2.24, 2.45) is 5.92 Å². The number of hydrogen-bond acceptors (Lipinski definition) is 6. The molecule has 1 saturated heterocycles. The van der Waals surface area contributed by atoms with Gasteiger partial charge in [0.25, 0.3) is 0 Å². The lowest BCUT2D eigenvalue weighted by Crippen LogP contribution is -2.57. The van der Waals surface area contributed by atoms with Crippen molar-refractivity contribution >= 4 is 11.8 Å². The molecule has 8 nitrogen and oxygen atoms in total. The van der Waals surface area contributed by atoms with E-state index < -0.39 is 6.04 Å². The fourth-order valence-electron chi connectivity index (χ4n) is 3.67. The second-order valence-electron chi connectivity index (χ2n) is 7.98. The Labute approximate surface area is 160 Å². The third-order valence-corrected chi connectivity index (χ3v) is 5.41. The topological polar surface area (TPSA) is 91.6 Å². The predicted octanol–water partition coefficient (Wildman–Crippen LogP) is 1.53. The minimum Gasteiger partial charge on any atom is -0.353 e. The third kappa shape index (κ3) is 4.86. The molecular formula is C19H31N5O3. The number of amides is 2. The molecular weight excluding hydrogens is 346 g/mol. The van der Waals surface area contributed by atoms with E-state index in [0.29, 0.717) is 43.2 Å². The van der Waals surface area contributed by atoms with E-state index >= 15 is 0 Å². The molecule has 1 aromatic rings. The summed E-state index contributed by atoms with van der Waals surface area (Å²) in [5, 5.41) is 6.92. The third-order valence-electron chi connectivity index (χ3n) is 5.41. The van der Waals surface area contributed by atoms with Crippen molar-refractivity contribution in [1.82, 2.24) is 25.3 Å². The molecule has 1 aromatic heterocycles. The van der Waals surface area contributed by atoms with Gasteiger partial charge in [-0.1, -0.05) is 25.4 Å². The molecule has 27 heavy (non-hydrogen) atoms. The molecule has 0 bridgehead atoms. The van der Waals surface area contributed by atoms with E-state index in [4.69, 9.17) is 4.52 Å². The molecule has 1 atom stereocenters. The Bertz CT molecular complexity index is 656. The zero-order chi connectivity index (χ0) is 19.4. The molecule has 0 spiro atoms. The summed E-state index contributed by atoms with van der Waals surface area (Å²) in [6.45, 7) is 9.28. The van der Waals surface area contributed by atoms with Gasteiger partial charge in [-0.2, -0.15) is 4.98 Å². The molecule has 1 unspecified atom stereocenters. The predicted molar refractivity (Wildman–Crippen MR) is 99.8 cm³/mol. The Hall–Kier alpha value is -1.96. The first kappa shape index (κ1) is 19.8. The van der Waals surface area contributed by atoms with Crippen LogP contribution in [-0.2, 0) is 16.1 Å². The SMILES string of the molecule is CCN(Cc1noc(C2CCC2)n1)C(=O)CC1C(=O)NCCN1CC(C)C. The summed E-state index contributed by atoms with van der Waals surface area (Å²) < 4.78 is 5.35. The smallest absolute Gasteiger partial charge is 0.237 e. The summed E-state index contributed by atoms with van der Waals surface area (Å²) in [4.78, 5) is 33.5. The van der Waals surface area contributed by atoms with Gasteiger partial charge in [0.05, 0.1) is 19.0 Å². The number of nitrogens with one attached hydrogen (secondary N) is 1. The highest BCUT2D eigenvalue weighted by Gasteiger charge is 2.33. The number of nitrogens with zero attached hydrogens (tertiary/aromatic N) is 4. The number of piperazine rings is 1. The Kier molecular flexibility index (Phi) is 6.46. The number of aromatic nitrogens is 2. The van der Waals surface area contributed by atoms with Crippen LogP contribution in [0.4, 0.5) is 0 Å². The Morgan fingerprint density at radius 2 is 2.19 bits per heavy atom. The van der Waals surface area contributed by atoms with Gasteiger partial charge in [0.15, 0.2) is 5.82 Å².